The summed E-state index contributed by atoms with van der Waals surface area (Å²) in [5.74, 6) is 2.45. The molecule has 0 aromatic carbocycles. The first-order valence-corrected chi connectivity index (χ1v) is 7.28. The minimum Gasteiger partial charge on any atom is -0.383 e. The lowest BCUT2D eigenvalue weighted by Crippen LogP contribution is -2.10. The van der Waals surface area contributed by atoms with Crippen LogP contribution in [0.3, 0.4) is 0 Å². The lowest BCUT2D eigenvalue weighted by atomic mass is 10.2. The predicted octanol–water partition coefficient (Wildman–Crippen LogP) is 3.47. The van der Waals surface area contributed by atoms with Gasteiger partial charge >= 0.3 is 0 Å². The molecule has 0 radical (unpaired) electrons. The number of hydrogen-bond acceptors (Lipinski definition) is 5. The molecule has 19 heavy (non-hydrogen) atoms. The zero-order chi connectivity index (χ0) is 14.0. The van der Waals surface area contributed by atoms with Crippen LogP contribution >= 0.6 is 11.3 Å². The zero-order valence-electron chi connectivity index (χ0n) is 11.8. The van der Waals surface area contributed by atoms with Crippen molar-refractivity contribution in [3.63, 3.8) is 0 Å². The molecule has 2 aromatic rings. The van der Waals surface area contributed by atoms with Crippen molar-refractivity contribution >= 4 is 23.0 Å². The third-order valence-electron chi connectivity index (χ3n) is 3.10. The first-order valence-electron chi connectivity index (χ1n) is 6.40. The summed E-state index contributed by atoms with van der Waals surface area (Å²) in [6.45, 7) is 8.98. The molecule has 2 heterocycles. The van der Waals surface area contributed by atoms with Gasteiger partial charge in [0, 0.05) is 16.4 Å². The molecular formula is C14H20N4S. The molecule has 2 aromatic heterocycles. The fraction of sp³-hybridized carbons (Fsp3) is 0.429. The first kappa shape index (κ1) is 13.8. The molecule has 0 bridgehead atoms. The van der Waals surface area contributed by atoms with Gasteiger partial charge in [0.05, 0.1) is 6.54 Å². The fourth-order valence-electron chi connectivity index (χ4n) is 1.73. The Morgan fingerprint density at radius 2 is 2.05 bits per heavy atom. The minimum absolute atomic E-state index is 0.270. The second kappa shape index (κ2) is 5.57. The topological polar surface area (TPSA) is 63.8 Å². The van der Waals surface area contributed by atoms with E-state index >= 15 is 0 Å². The minimum atomic E-state index is 0.270. The number of nitrogens with two attached hydrogens (primary N) is 1. The number of rotatable bonds is 4. The molecule has 2 rings (SSSR count). The second-order valence-corrected chi connectivity index (χ2v) is 5.98. The quantitative estimate of drug-likeness (QED) is 0.897. The van der Waals surface area contributed by atoms with E-state index in [1.807, 2.05) is 6.92 Å². The van der Waals surface area contributed by atoms with Crippen molar-refractivity contribution in [2.24, 2.45) is 0 Å². The summed E-state index contributed by atoms with van der Waals surface area (Å²) in [6, 6.07) is 2.13. The van der Waals surface area contributed by atoms with E-state index in [0.29, 0.717) is 5.82 Å². The molecule has 102 valence electrons. The molecule has 0 aliphatic rings. The lowest BCUT2D eigenvalue weighted by Gasteiger charge is -2.13. The van der Waals surface area contributed by atoms with Crippen molar-refractivity contribution in [3.05, 3.63) is 33.3 Å². The number of aryl methyl sites for hydroxylation is 1. The highest BCUT2D eigenvalue weighted by atomic mass is 32.1. The number of nitrogens with one attached hydrogen (secondary N) is 1. The van der Waals surface area contributed by atoms with Crippen LogP contribution in [0.4, 0.5) is 11.6 Å². The predicted molar refractivity (Wildman–Crippen MR) is 81.7 cm³/mol. The van der Waals surface area contributed by atoms with Crippen LogP contribution in [-0.4, -0.2) is 9.97 Å². The maximum absolute atomic E-state index is 5.95. The summed E-state index contributed by atoms with van der Waals surface area (Å²) in [7, 11) is 0. The molecule has 0 saturated carbocycles. The Balaban J connectivity index is 2.22. The van der Waals surface area contributed by atoms with Gasteiger partial charge in [0.25, 0.3) is 0 Å². The van der Waals surface area contributed by atoms with Crippen molar-refractivity contribution in [2.75, 3.05) is 11.1 Å². The van der Waals surface area contributed by atoms with Crippen molar-refractivity contribution in [1.82, 2.24) is 9.97 Å². The molecule has 5 heteroatoms. The van der Waals surface area contributed by atoms with Gasteiger partial charge < -0.3 is 11.1 Å². The van der Waals surface area contributed by atoms with Crippen LogP contribution in [0.2, 0.25) is 0 Å². The van der Waals surface area contributed by atoms with E-state index < -0.39 is 0 Å². The SMILES string of the molecule is Cc1ccsc1CNc1nc(C(C)C)nc(N)c1C. The van der Waals surface area contributed by atoms with E-state index in [1.54, 1.807) is 11.3 Å². The first-order chi connectivity index (χ1) is 8.99. The Morgan fingerprint density at radius 3 is 2.63 bits per heavy atom. The van der Waals surface area contributed by atoms with E-state index in [-0.39, 0.29) is 5.92 Å². The Hall–Kier alpha value is -1.62. The summed E-state index contributed by atoms with van der Waals surface area (Å²) in [5, 5.41) is 5.48. The Morgan fingerprint density at radius 1 is 1.32 bits per heavy atom. The lowest BCUT2D eigenvalue weighted by molar-refractivity contribution is 0.774. The molecule has 0 atom stereocenters. The number of aromatic nitrogens is 2. The molecule has 0 spiro atoms. The molecular weight excluding hydrogens is 256 g/mol. The summed E-state index contributed by atoms with van der Waals surface area (Å²) in [5.41, 5.74) is 8.17. The van der Waals surface area contributed by atoms with Crippen LogP contribution < -0.4 is 11.1 Å². The average Bonchev–Trinajstić information content (AvgIpc) is 2.76. The second-order valence-electron chi connectivity index (χ2n) is 4.98. The van der Waals surface area contributed by atoms with Gasteiger partial charge in [0.1, 0.15) is 17.5 Å². The van der Waals surface area contributed by atoms with E-state index in [4.69, 9.17) is 5.73 Å². The highest BCUT2D eigenvalue weighted by Crippen LogP contribution is 2.23. The van der Waals surface area contributed by atoms with E-state index in [2.05, 4.69) is 47.5 Å². The van der Waals surface area contributed by atoms with Crippen LogP contribution in [0.1, 0.15) is 41.6 Å². The molecule has 0 fully saturated rings. The number of thiophene rings is 1. The van der Waals surface area contributed by atoms with Gasteiger partial charge in [-0.2, -0.15) is 0 Å². The number of anilines is 2. The number of nitrogens with zero attached hydrogens (tertiary/aromatic N) is 2. The smallest absolute Gasteiger partial charge is 0.135 e. The molecule has 0 unspecified atom stereocenters. The molecule has 0 aliphatic carbocycles. The number of nitrogen functional groups attached to an aromatic ring is 1. The van der Waals surface area contributed by atoms with Crippen molar-refractivity contribution in [1.29, 1.82) is 0 Å². The van der Waals surface area contributed by atoms with E-state index in [1.165, 1.54) is 10.4 Å². The van der Waals surface area contributed by atoms with Crippen molar-refractivity contribution in [2.45, 2.75) is 40.2 Å². The Bertz CT molecular complexity index is 575. The van der Waals surface area contributed by atoms with Gasteiger partial charge in [-0.25, -0.2) is 9.97 Å². The van der Waals surface area contributed by atoms with Crippen molar-refractivity contribution in [3.8, 4) is 0 Å². The summed E-state index contributed by atoms with van der Waals surface area (Å²) < 4.78 is 0. The van der Waals surface area contributed by atoms with Gasteiger partial charge in [-0.15, -0.1) is 11.3 Å². The highest BCUT2D eigenvalue weighted by Gasteiger charge is 2.11. The Labute approximate surface area is 118 Å². The largest absolute Gasteiger partial charge is 0.383 e. The number of hydrogen-bond donors (Lipinski definition) is 2. The maximum atomic E-state index is 5.95. The molecule has 0 aliphatic heterocycles. The van der Waals surface area contributed by atoms with Crippen LogP contribution in [0, 0.1) is 13.8 Å². The highest BCUT2D eigenvalue weighted by molar-refractivity contribution is 7.10. The van der Waals surface area contributed by atoms with Crippen molar-refractivity contribution < 1.29 is 0 Å². The van der Waals surface area contributed by atoms with Crippen LogP contribution in [0.25, 0.3) is 0 Å². The summed E-state index contributed by atoms with van der Waals surface area (Å²) in [6.07, 6.45) is 0. The maximum Gasteiger partial charge on any atom is 0.135 e. The summed E-state index contributed by atoms with van der Waals surface area (Å²) >= 11 is 1.75. The zero-order valence-corrected chi connectivity index (χ0v) is 12.6. The summed E-state index contributed by atoms with van der Waals surface area (Å²) in [4.78, 5) is 10.2. The monoisotopic (exact) mass is 276 g/mol. The van der Waals surface area contributed by atoms with Crippen LogP contribution in [0.15, 0.2) is 11.4 Å². The molecule has 4 nitrogen and oxygen atoms in total. The fourth-order valence-corrected chi connectivity index (χ4v) is 2.58. The molecule has 3 N–H and O–H groups in total. The van der Waals surface area contributed by atoms with Gasteiger partial charge in [-0.1, -0.05) is 13.8 Å². The van der Waals surface area contributed by atoms with Gasteiger partial charge in [-0.3, -0.25) is 0 Å². The Kier molecular flexibility index (Phi) is 4.04. The van der Waals surface area contributed by atoms with E-state index in [9.17, 15) is 0 Å². The van der Waals surface area contributed by atoms with Gasteiger partial charge in [0.15, 0.2) is 0 Å². The normalized spacial score (nSPS) is 11.0. The molecule has 0 amide bonds. The third kappa shape index (κ3) is 3.04. The van der Waals surface area contributed by atoms with Crippen LogP contribution in [-0.2, 0) is 6.54 Å². The molecule has 0 saturated heterocycles. The third-order valence-corrected chi connectivity index (χ3v) is 4.12. The standard InChI is InChI=1S/C14H20N4S/c1-8(2)13-17-12(15)10(4)14(18-13)16-7-11-9(3)5-6-19-11/h5-6,8H,7H2,1-4H3,(H3,15,16,17,18). The van der Waals surface area contributed by atoms with Gasteiger partial charge in [-0.05, 0) is 30.9 Å². The van der Waals surface area contributed by atoms with E-state index in [0.717, 1.165) is 23.8 Å². The average molecular weight is 276 g/mol. The van der Waals surface area contributed by atoms with Crippen LogP contribution in [0.5, 0.6) is 0 Å². The van der Waals surface area contributed by atoms with Gasteiger partial charge in [0.2, 0.25) is 0 Å².